The normalized spacial score (nSPS) is 15.0. The van der Waals surface area contributed by atoms with Crippen LogP contribution in [0.1, 0.15) is 96.8 Å². The summed E-state index contributed by atoms with van der Waals surface area (Å²) in [7, 11) is 0. The van der Waals surface area contributed by atoms with Crippen molar-refractivity contribution < 1.29 is 4.74 Å². The summed E-state index contributed by atoms with van der Waals surface area (Å²) >= 11 is 0. The van der Waals surface area contributed by atoms with Crippen LogP contribution < -0.4 is 0 Å². The van der Waals surface area contributed by atoms with Crippen LogP contribution in [0, 0.1) is 5.92 Å². The summed E-state index contributed by atoms with van der Waals surface area (Å²) in [4.78, 5) is 0. The van der Waals surface area contributed by atoms with Crippen molar-refractivity contribution in [1.82, 2.24) is 0 Å². The molecule has 0 atom stereocenters. The second kappa shape index (κ2) is 13.0. The summed E-state index contributed by atoms with van der Waals surface area (Å²) < 4.78 is 5.65. The molecular weight excluding hydrogens is 232 g/mol. The molecule has 1 aliphatic carbocycles. The van der Waals surface area contributed by atoms with E-state index in [4.69, 9.17) is 4.74 Å². The van der Waals surface area contributed by atoms with E-state index in [-0.39, 0.29) is 0 Å². The van der Waals surface area contributed by atoms with Gasteiger partial charge in [0, 0.05) is 13.2 Å². The maximum absolute atomic E-state index is 5.65. The van der Waals surface area contributed by atoms with Crippen molar-refractivity contribution in [3.8, 4) is 0 Å². The van der Waals surface area contributed by atoms with Crippen molar-refractivity contribution in [1.29, 1.82) is 0 Å². The minimum absolute atomic E-state index is 0.928. The van der Waals surface area contributed by atoms with E-state index >= 15 is 0 Å². The van der Waals surface area contributed by atoms with Gasteiger partial charge >= 0.3 is 0 Å². The number of rotatable bonds is 15. The first-order chi connectivity index (χ1) is 9.43. The van der Waals surface area contributed by atoms with Crippen LogP contribution in [0.2, 0.25) is 0 Å². The van der Waals surface area contributed by atoms with Gasteiger partial charge in [0.25, 0.3) is 0 Å². The van der Waals surface area contributed by atoms with E-state index in [0.717, 1.165) is 19.1 Å². The summed E-state index contributed by atoms with van der Waals surface area (Å²) in [6.07, 6.45) is 19.9. The molecule has 0 N–H and O–H groups in total. The van der Waals surface area contributed by atoms with Gasteiger partial charge < -0.3 is 4.74 Å². The average molecular weight is 268 g/mol. The second-order valence-corrected chi connectivity index (χ2v) is 6.41. The Balaban J connectivity index is 1.60. The number of hydrogen-bond donors (Lipinski definition) is 0. The molecule has 114 valence electrons. The Morgan fingerprint density at radius 3 is 1.63 bits per heavy atom. The third kappa shape index (κ3) is 12.7. The highest BCUT2D eigenvalue weighted by Gasteiger charge is 2.20. The van der Waals surface area contributed by atoms with Gasteiger partial charge in [0.2, 0.25) is 0 Å². The summed E-state index contributed by atoms with van der Waals surface area (Å²) in [6, 6.07) is 0. The van der Waals surface area contributed by atoms with Crippen molar-refractivity contribution in [2.75, 3.05) is 13.2 Å². The zero-order valence-corrected chi connectivity index (χ0v) is 13.3. The number of hydrogen-bond acceptors (Lipinski definition) is 1. The lowest BCUT2D eigenvalue weighted by atomic mass is 10.1. The molecule has 19 heavy (non-hydrogen) atoms. The van der Waals surface area contributed by atoms with Gasteiger partial charge in [-0.25, -0.2) is 0 Å². The van der Waals surface area contributed by atoms with Crippen LogP contribution in [0.25, 0.3) is 0 Å². The minimum Gasteiger partial charge on any atom is -0.381 e. The maximum Gasteiger partial charge on any atom is 0.0494 e. The van der Waals surface area contributed by atoms with E-state index < -0.39 is 0 Å². The quantitative estimate of drug-likeness (QED) is 0.325. The molecule has 1 rings (SSSR count). The van der Waals surface area contributed by atoms with Crippen LogP contribution >= 0.6 is 0 Å². The molecule has 1 aliphatic rings. The molecule has 0 unspecified atom stereocenters. The maximum atomic E-state index is 5.65. The molecule has 0 spiro atoms. The summed E-state index contributed by atoms with van der Waals surface area (Å²) in [5, 5.41) is 0. The molecule has 1 heteroatoms. The molecule has 0 bridgehead atoms. The molecule has 1 saturated carbocycles. The largest absolute Gasteiger partial charge is 0.381 e. The van der Waals surface area contributed by atoms with Crippen LogP contribution in [0.4, 0.5) is 0 Å². The fraction of sp³-hybridized carbons (Fsp3) is 1.00. The number of unbranched alkanes of at least 4 members (excludes halogenated alkanes) is 11. The third-order valence-electron chi connectivity index (χ3n) is 4.19. The van der Waals surface area contributed by atoms with Gasteiger partial charge in [0.05, 0.1) is 0 Å². The Labute approximate surface area is 121 Å². The van der Waals surface area contributed by atoms with Crippen LogP contribution in [0.5, 0.6) is 0 Å². The topological polar surface area (TPSA) is 9.23 Å². The van der Waals surface area contributed by atoms with Crippen LogP contribution in [0.15, 0.2) is 0 Å². The van der Waals surface area contributed by atoms with Gasteiger partial charge in [-0.05, 0) is 25.2 Å². The zero-order valence-electron chi connectivity index (χ0n) is 13.3. The fourth-order valence-corrected chi connectivity index (χ4v) is 2.58. The first-order valence-corrected chi connectivity index (χ1v) is 9.01. The van der Waals surface area contributed by atoms with E-state index in [0.29, 0.717) is 0 Å². The lowest BCUT2D eigenvalue weighted by Crippen LogP contribution is -1.98. The Bertz CT molecular complexity index is 175. The molecule has 1 fully saturated rings. The highest BCUT2D eigenvalue weighted by Crippen LogP contribution is 2.28. The Morgan fingerprint density at radius 2 is 1.16 bits per heavy atom. The second-order valence-electron chi connectivity index (χ2n) is 6.41. The standard InChI is InChI=1S/C18H36O/c1-2-3-4-5-6-7-8-9-10-11-12-13-16-19-17-18-14-15-18/h18H,2-17H2,1H3. The smallest absolute Gasteiger partial charge is 0.0494 e. The van der Waals surface area contributed by atoms with Crippen LogP contribution in [-0.4, -0.2) is 13.2 Å². The molecule has 0 aliphatic heterocycles. The Kier molecular flexibility index (Phi) is 11.6. The van der Waals surface area contributed by atoms with E-state index in [1.54, 1.807) is 0 Å². The van der Waals surface area contributed by atoms with Gasteiger partial charge in [-0.1, -0.05) is 77.6 Å². The number of ether oxygens (including phenoxy) is 1. The molecule has 1 nitrogen and oxygen atoms in total. The molecule has 0 aromatic rings. The van der Waals surface area contributed by atoms with Gasteiger partial charge in [-0.2, -0.15) is 0 Å². The summed E-state index contributed by atoms with van der Waals surface area (Å²) in [6.45, 7) is 4.34. The first-order valence-electron chi connectivity index (χ1n) is 9.01. The lowest BCUT2D eigenvalue weighted by molar-refractivity contribution is 0.120. The minimum atomic E-state index is 0.928. The van der Waals surface area contributed by atoms with Crippen molar-refractivity contribution >= 4 is 0 Å². The van der Waals surface area contributed by atoms with E-state index in [9.17, 15) is 0 Å². The van der Waals surface area contributed by atoms with Gasteiger partial charge in [-0.15, -0.1) is 0 Å². The molecule has 0 saturated heterocycles. The monoisotopic (exact) mass is 268 g/mol. The van der Waals surface area contributed by atoms with Crippen molar-refractivity contribution in [3.63, 3.8) is 0 Å². The summed E-state index contributed by atoms with van der Waals surface area (Å²) in [5.74, 6) is 0.928. The summed E-state index contributed by atoms with van der Waals surface area (Å²) in [5.41, 5.74) is 0. The van der Waals surface area contributed by atoms with Gasteiger partial charge in [0.1, 0.15) is 0 Å². The predicted octanol–water partition coefficient (Wildman–Crippen LogP) is 6.11. The van der Waals surface area contributed by atoms with Gasteiger partial charge in [0.15, 0.2) is 0 Å². The third-order valence-corrected chi connectivity index (χ3v) is 4.19. The van der Waals surface area contributed by atoms with Crippen LogP contribution in [-0.2, 0) is 4.74 Å². The SMILES string of the molecule is CCCCCCCCCCCCCCOCC1CC1. The molecule has 0 heterocycles. The molecule has 0 amide bonds. The van der Waals surface area contributed by atoms with E-state index in [1.807, 2.05) is 0 Å². The molecule has 0 aromatic heterocycles. The highest BCUT2D eigenvalue weighted by atomic mass is 16.5. The molecular formula is C18H36O. The average Bonchev–Trinajstić information content (AvgIpc) is 3.23. The molecule has 0 radical (unpaired) electrons. The first kappa shape index (κ1) is 17.0. The van der Waals surface area contributed by atoms with Crippen molar-refractivity contribution in [2.45, 2.75) is 96.8 Å². The Morgan fingerprint density at radius 1 is 0.684 bits per heavy atom. The predicted molar refractivity (Wildman–Crippen MR) is 84.6 cm³/mol. The van der Waals surface area contributed by atoms with E-state index in [1.165, 1.54) is 89.9 Å². The lowest BCUT2D eigenvalue weighted by Gasteiger charge is -2.04. The van der Waals surface area contributed by atoms with Crippen LogP contribution in [0.3, 0.4) is 0 Å². The van der Waals surface area contributed by atoms with Gasteiger partial charge in [-0.3, -0.25) is 0 Å². The van der Waals surface area contributed by atoms with Crippen molar-refractivity contribution in [3.05, 3.63) is 0 Å². The van der Waals surface area contributed by atoms with Crippen molar-refractivity contribution in [2.24, 2.45) is 5.92 Å². The molecule has 0 aromatic carbocycles. The fourth-order valence-electron chi connectivity index (χ4n) is 2.58. The highest BCUT2D eigenvalue weighted by molar-refractivity contribution is 4.71. The zero-order chi connectivity index (χ0) is 13.6. The van der Waals surface area contributed by atoms with E-state index in [2.05, 4.69) is 6.92 Å². The Hall–Kier alpha value is -0.0400.